The minimum Gasteiger partial charge on any atom is -0.285 e. The summed E-state index contributed by atoms with van der Waals surface area (Å²) in [5.74, 6) is -2.00. The molecule has 32 heavy (non-hydrogen) atoms. The molecule has 3 amide bonds. The van der Waals surface area contributed by atoms with Gasteiger partial charge in [-0.2, -0.15) is 5.10 Å². The van der Waals surface area contributed by atoms with Crippen LogP contribution < -0.4 is 4.90 Å². The lowest BCUT2D eigenvalue weighted by Gasteiger charge is -2.22. The molecule has 10 heteroatoms. The van der Waals surface area contributed by atoms with E-state index in [0.29, 0.717) is 16.4 Å². The highest BCUT2D eigenvalue weighted by molar-refractivity contribution is 7.22. The molecule has 2 aromatic carbocycles. The summed E-state index contributed by atoms with van der Waals surface area (Å²) in [6.07, 6.45) is 3.38. The summed E-state index contributed by atoms with van der Waals surface area (Å²) in [7, 11) is 0. The summed E-state index contributed by atoms with van der Waals surface area (Å²) in [5, 5.41) is 4.43. The summed E-state index contributed by atoms with van der Waals surface area (Å²) in [6, 6.07) is 12.8. The van der Waals surface area contributed by atoms with Gasteiger partial charge >= 0.3 is 0 Å². The summed E-state index contributed by atoms with van der Waals surface area (Å²) in [4.78, 5) is 45.3. The highest BCUT2D eigenvalue weighted by Gasteiger charge is 2.37. The summed E-state index contributed by atoms with van der Waals surface area (Å²) < 4.78 is 16.4. The standard InChI is InChI=1S/C22H16FN5O3S/c23-16-7-3-8-17-19(16)25-22(32-17)27(12-11-26-10-4-9-24-26)18(29)13-28-20(30)14-5-1-2-6-15(14)21(28)31/h1-10H,11-13H2. The quantitative estimate of drug-likeness (QED) is 0.423. The van der Waals surface area contributed by atoms with E-state index in [9.17, 15) is 18.8 Å². The fourth-order valence-electron chi connectivity index (χ4n) is 3.58. The van der Waals surface area contributed by atoms with Crippen LogP contribution in [0.3, 0.4) is 0 Å². The molecule has 0 saturated heterocycles. The van der Waals surface area contributed by atoms with E-state index in [0.717, 1.165) is 4.90 Å². The zero-order chi connectivity index (χ0) is 22.2. The molecule has 160 valence electrons. The minimum atomic E-state index is -0.513. The molecule has 0 aliphatic carbocycles. The molecule has 0 saturated carbocycles. The van der Waals surface area contributed by atoms with Crippen LogP contribution in [0.15, 0.2) is 60.9 Å². The van der Waals surface area contributed by atoms with E-state index in [2.05, 4.69) is 10.1 Å². The molecule has 0 bridgehead atoms. The topological polar surface area (TPSA) is 88.4 Å². The van der Waals surface area contributed by atoms with Crippen molar-refractivity contribution in [3.63, 3.8) is 0 Å². The molecule has 0 spiro atoms. The zero-order valence-electron chi connectivity index (χ0n) is 16.6. The van der Waals surface area contributed by atoms with Crippen LogP contribution in [-0.2, 0) is 11.3 Å². The lowest BCUT2D eigenvalue weighted by atomic mass is 10.1. The van der Waals surface area contributed by atoms with E-state index < -0.39 is 30.1 Å². The van der Waals surface area contributed by atoms with Crippen molar-refractivity contribution >= 4 is 44.4 Å². The first-order valence-corrected chi connectivity index (χ1v) is 10.6. The van der Waals surface area contributed by atoms with Crippen molar-refractivity contribution in [3.05, 3.63) is 77.9 Å². The number of halogens is 1. The molecule has 0 unspecified atom stereocenters. The van der Waals surface area contributed by atoms with Gasteiger partial charge in [-0.3, -0.25) is 28.9 Å². The number of benzene rings is 2. The third-order valence-electron chi connectivity index (χ3n) is 5.17. The Hall–Kier alpha value is -3.92. The number of hydrogen-bond donors (Lipinski definition) is 0. The predicted molar refractivity (Wildman–Crippen MR) is 116 cm³/mol. The second kappa shape index (κ2) is 7.97. The van der Waals surface area contributed by atoms with Gasteiger partial charge in [0.2, 0.25) is 5.91 Å². The molecule has 3 heterocycles. The lowest BCUT2D eigenvalue weighted by Crippen LogP contribution is -2.44. The van der Waals surface area contributed by atoms with Crippen LogP contribution in [0.25, 0.3) is 10.2 Å². The number of rotatable bonds is 6. The maximum atomic E-state index is 14.2. The van der Waals surface area contributed by atoms with Gasteiger partial charge in [-0.1, -0.05) is 29.5 Å². The van der Waals surface area contributed by atoms with Crippen LogP contribution >= 0.6 is 11.3 Å². The summed E-state index contributed by atoms with van der Waals surface area (Å²) >= 11 is 1.17. The SMILES string of the molecule is O=C1c2ccccc2C(=O)N1CC(=O)N(CCn1cccn1)c1nc2c(F)cccc2s1. The number of para-hydroxylation sites is 1. The van der Waals surface area contributed by atoms with E-state index >= 15 is 0 Å². The second-order valence-corrected chi connectivity index (χ2v) is 8.15. The van der Waals surface area contributed by atoms with Crippen molar-refractivity contribution < 1.29 is 18.8 Å². The zero-order valence-corrected chi connectivity index (χ0v) is 17.5. The smallest absolute Gasteiger partial charge is 0.262 e. The molecule has 0 fully saturated rings. The predicted octanol–water partition coefficient (Wildman–Crippen LogP) is 2.96. The first kappa shape index (κ1) is 20.0. The van der Waals surface area contributed by atoms with E-state index in [1.807, 2.05) is 0 Å². The molecular formula is C22H16FN5O3S. The Bertz CT molecular complexity index is 1320. The molecule has 4 aromatic rings. The van der Waals surface area contributed by atoms with E-state index in [4.69, 9.17) is 0 Å². The fraction of sp³-hybridized carbons (Fsp3) is 0.136. The summed E-state index contributed by atoms with van der Waals surface area (Å²) in [5.41, 5.74) is 0.719. The van der Waals surface area contributed by atoms with Gasteiger partial charge in [0, 0.05) is 18.9 Å². The maximum Gasteiger partial charge on any atom is 0.262 e. The van der Waals surface area contributed by atoms with Crippen molar-refractivity contribution in [2.45, 2.75) is 6.54 Å². The summed E-state index contributed by atoms with van der Waals surface area (Å²) in [6.45, 7) is 0.105. The Morgan fingerprint density at radius 2 is 1.78 bits per heavy atom. The van der Waals surface area contributed by atoms with Gasteiger partial charge < -0.3 is 0 Å². The number of fused-ring (bicyclic) bond motifs is 2. The van der Waals surface area contributed by atoms with Gasteiger partial charge in [0.25, 0.3) is 11.8 Å². The van der Waals surface area contributed by atoms with Crippen molar-refractivity contribution in [3.8, 4) is 0 Å². The number of carbonyl (C=O) groups is 3. The Balaban J connectivity index is 1.44. The lowest BCUT2D eigenvalue weighted by molar-refractivity contribution is -0.119. The van der Waals surface area contributed by atoms with Crippen molar-refractivity contribution in [1.29, 1.82) is 0 Å². The largest absolute Gasteiger partial charge is 0.285 e. The van der Waals surface area contributed by atoms with Crippen LogP contribution in [-0.4, -0.2) is 50.5 Å². The first-order chi connectivity index (χ1) is 15.5. The van der Waals surface area contributed by atoms with Gasteiger partial charge in [-0.05, 0) is 30.3 Å². The van der Waals surface area contributed by atoms with Crippen molar-refractivity contribution in [1.82, 2.24) is 19.7 Å². The highest BCUT2D eigenvalue weighted by Crippen LogP contribution is 2.31. The van der Waals surface area contributed by atoms with Gasteiger partial charge in [-0.25, -0.2) is 9.37 Å². The van der Waals surface area contributed by atoms with E-state index in [-0.39, 0.29) is 23.2 Å². The van der Waals surface area contributed by atoms with Gasteiger partial charge in [0.1, 0.15) is 17.9 Å². The average Bonchev–Trinajstić information content (AvgIpc) is 3.51. The third kappa shape index (κ3) is 3.44. The molecule has 0 radical (unpaired) electrons. The van der Waals surface area contributed by atoms with Crippen LogP contribution in [0.1, 0.15) is 20.7 Å². The molecule has 1 aliphatic rings. The van der Waals surface area contributed by atoms with E-state index in [1.54, 1.807) is 59.5 Å². The van der Waals surface area contributed by atoms with E-state index in [1.165, 1.54) is 22.3 Å². The monoisotopic (exact) mass is 449 g/mol. The fourth-order valence-corrected chi connectivity index (χ4v) is 4.61. The van der Waals surface area contributed by atoms with Crippen LogP contribution in [0, 0.1) is 5.82 Å². The Morgan fingerprint density at radius 1 is 1.03 bits per heavy atom. The first-order valence-electron chi connectivity index (χ1n) is 9.81. The second-order valence-electron chi connectivity index (χ2n) is 7.14. The molecule has 0 atom stereocenters. The number of hydrogen-bond acceptors (Lipinski definition) is 6. The minimum absolute atomic E-state index is 0.171. The average molecular weight is 449 g/mol. The number of imide groups is 1. The molecule has 1 aliphatic heterocycles. The number of thiazole rings is 1. The van der Waals surface area contributed by atoms with Gasteiger partial charge in [0.05, 0.1) is 22.4 Å². The maximum absolute atomic E-state index is 14.2. The van der Waals surface area contributed by atoms with Crippen LogP contribution in [0.5, 0.6) is 0 Å². The van der Waals surface area contributed by atoms with Gasteiger partial charge in [-0.15, -0.1) is 0 Å². The van der Waals surface area contributed by atoms with Gasteiger partial charge in [0.15, 0.2) is 5.13 Å². The van der Waals surface area contributed by atoms with Crippen molar-refractivity contribution in [2.75, 3.05) is 18.0 Å². The highest BCUT2D eigenvalue weighted by atomic mass is 32.1. The number of nitrogens with zero attached hydrogens (tertiary/aromatic N) is 5. The Labute approximate surface area is 185 Å². The number of aromatic nitrogens is 3. The third-order valence-corrected chi connectivity index (χ3v) is 6.22. The number of amides is 3. The van der Waals surface area contributed by atoms with Crippen LogP contribution in [0.2, 0.25) is 0 Å². The normalized spacial score (nSPS) is 13.1. The molecule has 5 rings (SSSR count). The molecule has 8 nitrogen and oxygen atoms in total. The molecule has 0 N–H and O–H groups in total. The Morgan fingerprint density at radius 3 is 2.44 bits per heavy atom. The molecular weight excluding hydrogens is 433 g/mol. The number of anilines is 1. The van der Waals surface area contributed by atoms with Crippen molar-refractivity contribution in [2.24, 2.45) is 0 Å². The molecule has 2 aromatic heterocycles. The number of carbonyl (C=O) groups excluding carboxylic acids is 3. The van der Waals surface area contributed by atoms with Crippen LogP contribution in [0.4, 0.5) is 9.52 Å². The Kier molecular flexibility index (Phi) is 4.98.